The molecule has 142 valence electrons. The first-order valence-corrected chi connectivity index (χ1v) is 10.0. The number of hydrogen-bond donors (Lipinski definition) is 0. The Labute approximate surface area is 167 Å². The normalized spacial score (nSPS) is 11.2. The van der Waals surface area contributed by atoms with Crippen LogP contribution in [0.4, 0.5) is 0 Å². The molecule has 0 atom stereocenters. The average Bonchev–Trinajstić information content (AvgIpc) is 3.34. The Hall–Kier alpha value is -3.00. The van der Waals surface area contributed by atoms with Crippen LogP contribution in [-0.2, 0) is 12.2 Å². The summed E-state index contributed by atoms with van der Waals surface area (Å²) in [4.78, 5) is 8.56. The van der Waals surface area contributed by atoms with Crippen LogP contribution in [0, 0.1) is 5.92 Å². The smallest absolute Gasteiger partial charge is 0.226 e. The molecule has 0 spiro atoms. The largest absolute Gasteiger partial charge is 0.339 e. The lowest BCUT2D eigenvalue weighted by molar-refractivity contribution is 0.360. The van der Waals surface area contributed by atoms with Gasteiger partial charge < -0.3 is 4.52 Å². The van der Waals surface area contributed by atoms with Gasteiger partial charge in [-0.2, -0.15) is 4.98 Å². The molecule has 0 N–H and O–H groups in total. The van der Waals surface area contributed by atoms with Gasteiger partial charge >= 0.3 is 0 Å². The van der Waals surface area contributed by atoms with Crippen LogP contribution in [0.1, 0.15) is 25.6 Å². The summed E-state index contributed by atoms with van der Waals surface area (Å²) in [7, 11) is 0. The minimum absolute atomic E-state index is 0.477. The summed E-state index contributed by atoms with van der Waals surface area (Å²) < 4.78 is 7.37. The van der Waals surface area contributed by atoms with Crippen molar-refractivity contribution >= 4 is 11.8 Å². The second kappa shape index (κ2) is 8.35. The molecule has 1 aromatic carbocycles. The van der Waals surface area contributed by atoms with Crippen molar-refractivity contribution in [3.63, 3.8) is 0 Å². The van der Waals surface area contributed by atoms with Crippen molar-refractivity contribution in [3.05, 3.63) is 66.6 Å². The fourth-order valence-electron chi connectivity index (χ4n) is 2.77. The monoisotopic (exact) mass is 392 g/mol. The number of thioether (sulfide) groups is 1. The standard InChI is InChI=1S/C20H20N6OS/c1-14(2)12-18-22-17(25-27-18)13-28-20-24-23-19(15-8-10-21-11-9-15)26(20)16-6-4-3-5-7-16/h3-11,14H,12-13H2,1-2H3. The number of aromatic nitrogens is 6. The second-order valence-electron chi connectivity index (χ2n) is 6.70. The van der Waals surface area contributed by atoms with Gasteiger partial charge in [0.25, 0.3) is 0 Å². The van der Waals surface area contributed by atoms with Gasteiger partial charge in [0, 0.05) is 30.1 Å². The molecule has 0 saturated heterocycles. The Morgan fingerprint density at radius 3 is 2.57 bits per heavy atom. The minimum atomic E-state index is 0.477. The van der Waals surface area contributed by atoms with Crippen LogP contribution in [0.3, 0.4) is 0 Å². The van der Waals surface area contributed by atoms with Gasteiger partial charge in [-0.3, -0.25) is 9.55 Å². The first-order valence-electron chi connectivity index (χ1n) is 9.06. The molecule has 4 aromatic rings. The molecule has 0 aliphatic heterocycles. The Bertz CT molecular complexity index is 1030. The van der Waals surface area contributed by atoms with E-state index in [9.17, 15) is 0 Å². The predicted octanol–water partition coefficient (Wildman–Crippen LogP) is 4.20. The van der Waals surface area contributed by atoms with E-state index in [2.05, 4.69) is 39.2 Å². The highest BCUT2D eigenvalue weighted by molar-refractivity contribution is 7.98. The summed E-state index contributed by atoms with van der Waals surface area (Å²) in [5.41, 5.74) is 1.95. The van der Waals surface area contributed by atoms with E-state index < -0.39 is 0 Å². The van der Waals surface area contributed by atoms with Crippen molar-refractivity contribution in [1.82, 2.24) is 29.9 Å². The van der Waals surface area contributed by atoms with Crippen LogP contribution in [0.25, 0.3) is 17.1 Å². The highest BCUT2D eigenvalue weighted by atomic mass is 32.2. The first-order chi connectivity index (χ1) is 13.7. The summed E-state index contributed by atoms with van der Waals surface area (Å²) in [6, 6.07) is 13.9. The van der Waals surface area contributed by atoms with Crippen LogP contribution in [0.2, 0.25) is 0 Å². The van der Waals surface area contributed by atoms with E-state index in [4.69, 9.17) is 4.52 Å². The number of nitrogens with zero attached hydrogens (tertiary/aromatic N) is 6. The van der Waals surface area contributed by atoms with Crippen molar-refractivity contribution in [2.75, 3.05) is 0 Å². The lowest BCUT2D eigenvalue weighted by Gasteiger charge is -2.09. The fraction of sp³-hybridized carbons (Fsp3) is 0.250. The van der Waals surface area contributed by atoms with Gasteiger partial charge in [-0.05, 0) is 30.2 Å². The van der Waals surface area contributed by atoms with Gasteiger partial charge in [0.1, 0.15) is 0 Å². The van der Waals surface area contributed by atoms with Gasteiger partial charge in [-0.15, -0.1) is 10.2 Å². The molecular formula is C20H20N6OS. The number of hydrogen-bond acceptors (Lipinski definition) is 7. The Morgan fingerprint density at radius 1 is 1.04 bits per heavy atom. The average molecular weight is 392 g/mol. The lowest BCUT2D eigenvalue weighted by Crippen LogP contribution is -2.00. The molecule has 0 saturated carbocycles. The summed E-state index contributed by atoms with van der Waals surface area (Å²) in [6.45, 7) is 4.25. The van der Waals surface area contributed by atoms with Crippen molar-refractivity contribution in [2.45, 2.75) is 31.2 Å². The summed E-state index contributed by atoms with van der Waals surface area (Å²) in [6.07, 6.45) is 4.29. The molecule has 0 bridgehead atoms. The molecule has 28 heavy (non-hydrogen) atoms. The van der Waals surface area contributed by atoms with Gasteiger partial charge in [0.15, 0.2) is 16.8 Å². The third-order valence-corrected chi connectivity index (χ3v) is 4.93. The number of rotatable bonds is 7. The van der Waals surface area contributed by atoms with Gasteiger partial charge in [-0.1, -0.05) is 49.0 Å². The summed E-state index contributed by atoms with van der Waals surface area (Å²) in [5, 5.41) is 13.7. The fourth-order valence-corrected chi connectivity index (χ4v) is 3.57. The third kappa shape index (κ3) is 4.12. The van der Waals surface area contributed by atoms with Crippen LogP contribution >= 0.6 is 11.8 Å². The van der Waals surface area contributed by atoms with Crippen molar-refractivity contribution in [1.29, 1.82) is 0 Å². The molecule has 0 fully saturated rings. The number of para-hydroxylation sites is 1. The van der Waals surface area contributed by atoms with Crippen LogP contribution in [-0.4, -0.2) is 29.9 Å². The Morgan fingerprint density at radius 2 is 1.82 bits per heavy atom. The number of benzene rings is 1. The second-order valence-corrected chi connectivity index (χ2v) is 7.65. The van der Waals surface area contributed by atoms with Crippen LogP contribution < -0.4 is 0 Å². The van der Waals surface area contributed by atoms with Gasteiger partial charge in [0.2, 0.25) is 5.89 Å². The van der Waals surface area contributed by atoms with E-state index in [0.29, 0.717) is 23.4 Å². The minimum Gasteiger partial charge on any atom is -0.339 e. The topological polar surface area (TPSA) is 82.5 Å². The quantitative estimate of drug-likeness (QED) is 0.436. The first kappa shape index (κ1) is 18.4. The predicted molar refractivity (Wildman–Crippen MR) is 107 cm³/mol. The summed E-state index contributed by atoms with van der Waals surface area (Å²) >= 11 is 1.53. The molecule has 0 unspecified atom stereocenters. The van der Waals surface area contributed by atoms with Crippen LogP contribution in [0.5, 0.6) is 0 Å². The Kier molecular flexibility index (Phi) is 5.48. The third-order valence-electron chi connectivity index (χ3n) is 4.01. The SMILES string of the molecule is CC(C)Cc1nc(CSc2nnc(-c3ccncc3)n2-c2ccccc2)no1. The molecule has 0 aliphatic carbocycles. The molecule has 3 aromatic heterocycles. The van der Waals surface area contributed by atoms with E-state index in [-0.39, 0.29) is 0 Å². The molecule has 3 heterocycles. The molecule has 0 aliphatic rings. The maximum Gasteiger partial charge on any atom is 0.226 e. The number of pyridine rings is 1. The lowest BCUT2D eigenvalue weighted by atomic mass is 10.1. The zero-order valence-corrected chi connectivity index (χ0v) is 16.5. The highest BCUT2D eigenvalue weighted by Gasteiger charge is 2.17. The van der Waals surface area contributed by atoms with Crippen LogP contribution in [0.15, 0.2) is 64.5 Å². The van der Waals surface area contributed by atoms with E-state index in [1.165, 1.54) is 11.8 Å². The van der Waals surface area contributed by atoms with E-state index >= 15 is 0 Å². The highest BCUT2D eigenvalue weighted by Crippen LogP contribution is 2.29. The van der Waals surface area contributed by atoms with Crippen molar-refractivity contribution in [3.8, 4) is 17.1 Å². The zero-order chi connectivity index (χ0) is 19.3. The Balaban J connectivity index is 1.62. The molecule has 0 amide bonds. The molecule has 7 nitrogen and oxygen atoms in total. The maximum atomic E-state index is 5.33. The van der Waals surface area contributed by atoms with E-state index in [1.54, 1.807) is 12.4 Å². The zero-order valence-electron chi connectivity index (χ0n) is 15.7. The summed E-state index contributed by atoms with van der Waals surface area (Å²) in [5.74, 6) is 3.14. The maximum absolute atomic E-state index is 5.33. The van der Waals surface area contributed by atoms with E-state index in [0.717, 1.165) is 28.7 Å². The van der Waals surface area contributed by atoms with Gasteiger partial charge in [0.05, 0.1) is 5.75 Å². The molecule has 0 radical (unpaired) electrons. The molecular weight excluding hydrogens is 372 g/mol. The van der Waals surface area contributed by atoms with E-state index in [1.807, 2.05) is 47.0 Å². The molecule has 4 rings (SSSR count). The van der Waals surface area contributed by atoms with Gasteiger partial charge in [-0.25, -0.2) is 0 Å². The van der Waals surface area contributed by atoms with Crippen molar-refractivity contribution in [2.24, 2.45) is 5.92 Å². The molecule has 8 heteroatoms. The van der Waals surface area contributed by atoms with Crippen molar-refractivity contribution < 1.29 is 4.52 Å².